The van der Waals surface area contributed by atoms with Gasteiger partial charge < -0.3 is 15.0 Å². The Morgan fingerprint density at radius 1 is 1.48 bits per heavy atom. The van der Waals surface area contributed by atoms with Gasteiger partial charge in [-0.05, 0) is 52.4 Å². The summed E-state index contributed by atoms with van der Waals surface area (Å²) in [5.74, 6) is 0.931. The van der Waals surface area contributed by atoms with E-state index in [-0.39, 0.29) is 12.1 Å². The number of nitrogens with one attached hydrogen (secondary N) is 1. The minimum Gasteiger partial charge on any atom is -0.444 e. The maximum atomic E-state index is 11.9. The molecule has 7 heteroatoms. The van der Waals surface area contributed by atoms with E-state index >= 15 is 0 Å². The second kappa shape index (κ2) is 7.86. The number of carbonyl (C=O) groups is 1. The molecule has 1 aliphatic rings. The molecule has 23 heavy (non-hydrogen) atoms. The summed E-state index contributed by atoms with van der Waals surface area (Å²) in [6.45, 7) is 7.11. The molecular formula is C16H26N4O2S. The lowest BCUT2D eigenvalue weighted by Gasteiger charge is -2.36. The normalized spacial score (nSPS) is 18.6. The molecule has 0 aliphatic carbocycles. The van der Waals surface area contributed by atoms with Crippen molar-refractivity contribution < 1.29 is 9.53 Å². The summed E-state index contributed by atoms with van der Waals surface area (Å²) >= 11 is 1.53. The first-order chi connectivity index (χ1) is 10.9. The zero-order valence-corrected chi connectivity index (χ0v) is 15.2. The Labute approximate surface area is 142 Å². The number of anilines is 1. The number of aromatic nitrogens is 2. The highest BCUT2D eigenvalue weighted by molar-refractivity contribution is 7.98. The standard InChI is InChI=1S/C16H26N4O2S/c1-16(2,3)22-15(21)18-11-12-7-5-6-10-20(12)13-8-9-17-14(19-13)23-4/h8-9,12H,5-7,10-11H2,1-4H3,(H,18,21)/t12-/m0/s1. The van der Waals surface area contributed by atoms with Crippen molar-refractivity contribution in [3.05, 3.63) is 12.3 Å². The van der Waals surface area contributed by atoms with Gasteiger partial charge in [0.25, 0.3) is 0 Å². The molecule has 2 rings (SSSR count). The number of ether oxygens (including phenoxy) is 1. The first-order valence-electron chi connectivity index (χ1n) is 7.99. The summed E-state index contributed by atoms with van der Waals surface area (Å²) in [5, 5.41) is 3.66. The Balaban J connectivity index is 1.99. The maximum absolute atomic E-state index is 11.9. The van der Waals surface area contributed by atoms with Crippen LogP contribution in [0.4, 0.5) is 10.6 Å². The van der Waals surface area contributed by atoms with E-state index in [2.05, 4.69) is 20.2 Å². The van der Waals surface area contributed by atoms with Crippen LogP contribution in [0.1, 0.15) is 40.0 Å². The molecule has 2 heterocycles. The first-order valence-corrected chi connectivity index (χ1v) is 9.22. The smallest absolute Gasteiger partial charge is 0.407 e. The van der Waals surface area contributed by atoms with Crippen LogP contribution in [0.25, 0.3) is 0 Å². The van der Waals surface area contributed by atoms with Crippen molar-refractivity contribution in [1.29, 1.82) is 0 Å². The molecule has 128 valence electrons. The van der Waals surface area contributed by atoms with Crippen LogP contribution in [0.5, 0.6) is 0 Å². The number of hydrogen-bond acceptors (Lipinski definition) is 6. The summed E-state index contributed by atoms with van der Waals surface area (Å²) in [5.41, 5.74) is -0.476. The molecule has 1 fully saturated rings. The average molecular weight is 338 g/mol. The number of rotatable bonds is 4. The lowest BCUT2D eigenvalue weighted by Crippen LogP contribution is -2.48. The molecule has 0 bridgehead atoms. The molecule has 1 aromatic heterocycles. The van der Waals surface area contributed by atoms with Crippen LogP contribution < -0.4 is 10.2 Å². The van der Waals surface area contributed by atoms with Gasteiger partial charge in [0.05, 0.1) is 0 Å². The molecule has 0 aromatic carbocycles. The minimum absolute atomic E-state index is 0.237. The summed E-state index contributed by atoms with van der Waals surface area (Å²) < 4.78 is 5.31. The fourth-order valence-corrected chi connectivity index (χ4v) is 2.97. The molecule has 1 saturated heterocycles. The summed E-state index contributed by atoms with van der Waals surface area (Å²) in [6.07, 6.45) is 6.74. The third kappa shape index (κ3) is 5.57. The van der Waals surface area contributed by atoms with Gasteiger partial charge in [-0.15, -0.1) is 0 Å². The Hall–Kier alpha value is -1.50. The highest BCUT2D eigenvalue weighted by Crippen LogP contribution is 2.24. The van der Waals surface area contributed by atoms with Gasteiger partial charge >= 0.3 is 6.09 Å². The van der Waals surface area contributed by atoms with Gasteiger partial charge in [0, 0.05) is 25.3 Å². The van der Waals surface area contributed by atoms with Gasteiger partial charge in [0.2, 0.25) is 0 Å². The van der Waals surface area contributed by atoms with E-state index in [1.54, 1.807) is 6.20 Å². The van der Waals surface area contributed by atoms with Crippen molar-refractivity contribution in [2.75, 3.05) is 24.2 Å². The molecule has 6 nitrogen and oxygen atoms in total. The Morgan fingerprint density at radius 3 is 2.96 bits per heavy atom. The molecule has 0 radical (unpaired) electrons. The topological polar surface area (TPSA) is 67.4 Å². The third-order valence-electron chi connectivity index (χ3n) is 3.60. The van der Waals surface area contributed by atoms with E-state index in [1.807, 2.05) is 33.1 Å². The SMILES string of the molecule is CSc1nccc(N2CCCC[C@H]2CNC(=O)OC(C)(C)C)n1. The van der Waals surface area contributed by atoms with Crippen LogP contribution in [-0.4, -0.2) is 47.0 Å². The van der Waals surface area contributed by atoms with Crippen molar-refractivity contribution in [3.63, 3.8) is 0 Å². The van der Waals surface area contributed by atoms with Gasteiger partial charge in [0.15, 0.2) is 5.16 Å². The van der Waals surface area contributed by atoms with E-state index in [4.69, 9.17) is 4.74 Å². The van der Waals surface area contributed by atoms with Crippen molar-refractivity contribution in [3.8, 4) is 0 Å². The number of amides is 1. The van der Waals surface area contributed by atoms with Crippen molar-refractivity contribution in [2.24, 2.45) is 0 Å². The lowest BCUT2D eigenvalue weighted by atomic mass is 10.0. The number of nitrogens with zero attached hydrogens (tertiary/aromatic N) is 3. The summed E-state index contributed by atoms with van der Waals surface area (Å²) in [6, 6.07) is 2.17. The number of thioether (sulfide) groups is 1. The highest BCUT2D eigenvalue weighted by atomic mass is 32.2. The van der Waals surface area contributed by atoms with E-state index in [9.17, 15) is 4.79 Å². The van der Waals surface area contributed by atoms with Crippen LogP contribution in [0.15, 0.2) is 17.4 Å². The van der Waals surface area contributed by atoms with E-state index in [0.29, 0.717) is 6.54 Å². The highest BCUT2D eigenvalue weighted by Gasteiger charge is 2.25. The second-order valence-corrected chi connectivity index (χ2v) is 7.40. The third-order valence-corrected chi connectivity index (χ3v) is 4.17. The van der Waals surface area contributed by atoms with Gasteiger partial charge in [-0.2, -0.15) is 0 Å². The van der Waals surface area contributed by atoms with Crippen LogP contribution >= 0.6 is 11.8 Å². The van der Waals surface area contributed by atoms with Crippen LogP contribution in [0.2, 0.25) is 0 Å². The Morgan fingerprint density at radius 2 is 2.26 bits per heavy atom. The van der Waals surface area contributed by atoms with Gasteiger partial charge in [-0.1, -0.05) is 11.8 Å². The first kappa shape index (κ1) is 17.8. The van der Waals surface area contributed by atoms with E-state index in [0.717, 1.165) is 36.8 Å². The summed E-state index contributed by atoms with van der Waals surface area (Å²) in [7, 11) is 0. The van der Waals surface area contributed by atoms with Gasteiger partial charge in [0.1, 0.15) is 11.4 Å². The quantitative estimate of drug-likeness (QED) is 0.672. The molecule has 1 amide bonds. The zero-order valence-electron chi connectivity index (χ0n) is 14.3. The van der Waals surface area contributed by atoms with Crippen LogP contribution in [0.3, 0.4) is 0 Å². The largest absolute Gasteiger partial charge is 0.444 e. The van der Waals surface area contributed by atoms with Crippen molar-refractivity contribution in [2.45, 2.75) is 56.8 Å². The minimum atomic E-state index is -0.476. The van der Waals surface area contributed by atoms with Gasteiger partial charge in [-0.3, -0.25) is 0 Å². The lowest BCUT2D eigenvalue weighted by molar-refractivity contribution is 0.0523. The molecule has 1 atom stereocenters. The molecular weight excluding hydrogens is 312 g/mol. The number of carbonyl (C=O) groups excluding carboxylic acids is 1. The second-order valence-electron chi connectivity index (χ2n) is 6.63. The van der Waals surface area contributed by atoms with E-state index in [1.165, 1.54) is 11.8 Å². The van der Waals surface area contributed by atoms with Crippen LogP contribution in [-0.2, 0) is 4.74 Å². The zero-order chi connectivity index (χ0) is 16.9. The molecule has 0 unspecified atom stereocenters. The molecule has 0 spiro atoms. The monoisotopic (exact) mass is 338 g/mol. The molecule has 1 aromatic rings. The average Bonchev–Trinajstić information content (AvgIpc) is 2.51. The number of alkyl carbamates (subject to hydrolysis) is 1. The van der Waals surface area contributed by atoms with Gasteiger partial charge in [-0.25, -0.2) is 14.8 Å². The predicted octanol–water partition coefficient (Wildman–Crippen LogP) is 3.08. The van der Waals surface area contributed by atoms with Crippen LogP contribution in [0, 0.1) is 0 Å². The maximum Gasteiger partial charge on any atom is 0.407 e. The molecule has 1 N–H and O–H groups in total. The summed E-state index contributed by atoms with van der Waals surface area (Å²) in [4.78, 5) is 22.9. The Kier molecular flexibility index (Phi) is 6.10. The molecule has 0 saturated carbocycles. The number of piperidine rings is 1. The van der Waals surface area contributed by atoms with E-state index < -0.39 is 5.60 Å². The fraction of sp³-hybridized carbons (Fsp3) is 0.688. The number of hydrogen-bond donors (Lipinski definition) is 1. The molecule has 1 aliphatic heterocycles. The predicted molar refractivity (Wildman–Crippen MR) is 93.0 cm³/mol. The fourth-order valence-electron chi connectivity index (χ4n) is 2.62. The van der Waals surface area contributed by atoms with Crippen molar-refractivity contribution in [1.82, 2.24) is 15.3 Å². The van der Waals surface area contributed by atoms with Crippen molar-refractivity contribution >= 4 is 23.7 Å². The Bertz CT molecular complexity index is 533.